The summed E-state index contributed by atoms with van der Waals surface area (Å²) in [7, 11) is 0. The van der Waals surface area contributed by atoms with Gasteiger partial charge in [-0.05, 0) is 47.4 Å². The van der Waals surface area contributed by atoms with Gasteiger partial charge in [-0.3, -0.25) is 4.90 Å². The predicted molar refractivity (Wildman–Crippen MR) is 102 cm³/mol. The van der Waals surface area contributed by atoms with Gasteiger partial charge in [0.25, 0.3) is 0 Å². The highest BCUT2D eigenvalue weighted by Crippen LogP contribution is 2.39. The minimum absolute atomic E-state index is 0.598. The van der Waals surface area contributed by atoms with Crippen molar-refractivity contribution in [3.05, 3.63) is 77.4 Å². The molecule has 0 N–H and O–H groups in total. The number of hydrogen-bond acceptors (Lipinski definition) is 1. The van der Waals surface area contributed by atoms with Gasteiger partial charge < -0.3 is 0 Å². The third-order valence-corrected chi connectivity index (χ3v) is 5.67. The predicted octanol–water partition coefficient (Wildman–Crippen LogP) is 5.63. The second kappa shape index (κ2) is 6.57. The lowest BCUT2D eigenvalue weighted by molar-refractivity contribution is 0.203. The summed E-state index contributed by atoms with van der Waals surface area (Å²) in [6.45, 7) is 5.64. The molecule has 4 rings (SSSR count). The Bertz CT molecular complexity index is 729. The number of rotatable bonds is 4. The first-order valence-corrected chi connectivity index (χ1v) is 9.31. The Balaban J connectivity index is 1.57. The second-order valence-corrected chi connectivity index (χ2v) is 7.63. The molecule has 0 aromatic heterocycles. The summed E-state index contributed by atoms with van der Waals surface area (Å²) in [6.07, 6.45) is 6.39. The SMILES string of the molecule is CC(C)c1cccc(C2=CC3CCC(C2)N3Cc2ccccc2)c1. The quantitative estimate of drug-likeness (QED) is 0.706. The average molecular weight is 317 g/mol. The fourth-order valence-corrected chi connectivity index (χ4v) is 4.27. The molecule has 0 saturated carbocycles. The molecule has 2 aromatic rings. The zero-order valence-corrected chi connectivity index (χ0v) is 14.8. The van der Waals surface area contributed by atoms with Crippen LogP contribution in [-0.2, 0) is 6.54 Å². The van der Waals surface area contributed by atoms with Crippen molar-refractivity contribution in [3.63, 3.8) is 0 Å². The van der Waals surface area contributed by atoms with Crippen LogP contribution in [0.15, 0.2) is 60.7 Å². The number of fused-ring (bicyclic) bond motifs is 2. The van der Waals surface area contributed by atoms with Crippen molar-refractivity contribution in [2.24, 2.45) is 0 Å². The van der Waals surface area contributed by atoms with Crippen molar-refractivity contribution >= 4 is 5.57 Å². The number of benzene rings is 2. The summed E-state index contributed by atoms with van der Waals surface area (Å²) in [6, 6.07) is 21.4. The first kappa shape index (κ1) is 15.7. The molecule has 0 radical (unpaired) electrons. The summed E-state index contributed by atoms with van der Waals surface area (Å²) in [5.74, 6) is 0.598. The highest BCUT2D eigenvalue weighted by Gasteiger charge is 2.36. The van der Waals surface area contributed by atoms with Crippen LogP contribution in [0.3, 0.4) is 0 Å². The minimum Gasteiger partial charge on any atom is -0.289 e. The average Bonchev–Trinajstić information content (AvgIpc) is 2.84. The normalized spacial score (nSPS) is 23.5. The van der Waals surface area contributed by atoms with Crippen molar-refractivity contribution < 1.29 is 0 Å². The zero-order valence-electron chi connectivity index (χ0n) is 14.8. The summed E-state index contributed by atoms with van der Waals surface area (Å²) >= 11 is 0. The first-order valence-electron chi connectivity index (χ1n) is 9.31. The number of nitrogens with zero attached hydrogens (tertiary/aromatic N) is 1. The molecule has 124 valence electrons. The van der Waals surface area contributed by atoms with Crippen molar-refractivity contribution in [2.45, 2.75) is 57.7 Å². The van der Waals surface area contributed by atoms with Gasteiger partial charge in [0, 0.05) is 18.6 Å². The Kier molecular flexibility index (Phi) is 4.28. The van der Waals surface area contributed by atoms with Crippen molar-refractivity contribution in [2.75, 3.05) is 0 Å². The van der Waals surface area contributed by atoms with E-state index >= 15 is 0 Å². The Hall–Kier alpha value is -1.86. The van der Waals surface area contributed by atoms with E-state index in [0.29, 0.717) is 18.0 Å². The first-order chi connectivity index (χ1) is 11.7. The summed E-state index contributed by atoms with van der Waals surface area (Å²) in [5.41, 5.74) is 5.90. The monoisotopic (exact) mass is 317 g/mol. The third kappa shape index (κ3) is 3.06. The molecule has 1 fully saturated rings. The Morgan fingerprint density at radius 3 is 2.58 bits per heavy atom. The van der Waals surface area contributed by atoms with Gasteiger partial charge in [-0.25, -0.2) is 0 Å². The van der Waals surface area contributed by atoms with E-state index in [1.165, 1.54) is 36.0 Å². The molecule has 0 aliphatic carbocycles. The van der Waals surface area contributed by atoms with Gasteiger partial charge in [-0.2, -0.15) is 0 Å². The highest BCUT2D eigenvalue weighted by molar-refractivity contribution is 5.68. The largest absolute Gasteiger partial charge is 0.289 e. The topological polar surface area (TPSA) is 3.24 Å². The summed E-state index contributed by atoms with van der Waals surface area (Å²) < 4.78 is 0. The van der Waals surface area contributed by atoms with Crippen LogP contribution in [0.5, 0.6) is 0 Å². The van der Waals surface area contributed by atoms with E-state index in [-0.39, 0.29) is 0 Å². The van der Waals surface area contributed by atoms with E-state index in [4.69, 9.17) is 0 Å². The van der Waals surface area contributed by atoms with Crippen LogP contribution in [0.1, 0.15) is 55.7 Å². The second-order valence-electron chi connectivity index (χ2n) is 7.63. The Morgan fingerprint density at radius 1 is 1.00 bits per heavy atom. The van der Waals surface area contributed by atoms with Crippen LogP contribution in [0, 0.1) is 0 Å². The maximum absolute atomic E-state index is 2.71. The molecule has 2 bridgehead atoms. The molecule has 2 aliphatic heterocycles. The molecule has 2 aliphatic rings. The number of hydrogen-bond donors (Lipinski definition) is 0. The zero-order chi connectivity index (χ0) is 16.5. The van der Waals surface area contributed by atoms with E-state index in [9.17, 15) is 0 Å². The molecule has 1 saturated heterocycles. The van der Waals surface area contributed by atoms with Crippen LogP contribution in [0.2, 0.25) is 0 Å². The maximum atomic E-state index is 2.71. The van der Waals surface area contributed by atoms with E-state index in [1.807, 2.05) is 0 Å². The van der Waals surface area contributed by atoms with Gasteiger partial charge in [0.15, 0.2) is 0 Å². The van der Waals surface area contributed by atoms with Crippen LogP contribution in [0.4, 0.5) is 0 Å². The molecule has 2 atom stereocenters. The van der Waals surface area contributed by atoms with Crippen LogP contribution >= 0.6 is 0 Å². The fourth-order valence-electron chi connectivity index (χ4n) is 4.27. The van der Waals surface area contributed by atoms with E-state index in [1.54, 1.807) is 5.57 Å². The molecule has 24 heavy (non-hydrogen) atoms. The van der Waals surface area contributed by atoms with Gasteiger partial charge in [0.2, 0.25) is 0 Å². The third-order valence-electron chi connectivity index (χ3n) is 5.67. The summed E-state index contributed by atoms with van der Waals surface area (Å²) in [4.78, 5) is 2.71. The standard InChI is InChI=1S/C23H27N/c1-17(2)19-9-6-10-20(13-19)21-14-22-11-12-23(15-21)24(22)16-18-7-4-3-5-8-18/h3-10,13-14,17,22-23H,11-12,15-16H2,1-2H3. The molecular weight excluding hydrogens is 290 g/mol. The van der Waals surface area contributed by atoms with Crippen molar-refractivity contribution in [1.29, 1.82) is 0 Å². The Labute approximate surface area is 146 Å². The van der Waals surface area contributed by atoms with Gasteiger partial charge in [-0.1, -0.05) is 74.5 Å². The van der Waals surface area contributed by atoms with Crippen molar-refractivity contribution in [3.8, 4) is 0 Å². The highest BCUT2D eigenvalue weighted by atomic mass is 15.2. The van der Waals surface area contributed by atoms with Gasteiger partial charge in [0.05, 0.1) is 0 Å². The Morgan fingerprint density at radius 2 is 1.83 bits per heavy atom. The maximum Gasteiger partial charge on any atom is 0.0291 e. The van der Waals surface area contributed by atoms with Gasteiger partial charge >= 0.3 is 0 Å². The lowest BCUT2D eigenvalue weighted by Gasteiger charge is -2.34. The molecular formula is C23H27N. The molecule has 2 unspecified atom stereocenters. The summed E-state index contributed by atoms with van der Waals surface area (Å²) in [5, 5.41) is 0. The van der Waals surface area contributed by atoms with E-state index in [2.05, 4.69) is 79.4 Å². The molecule has 1 nitrogen and oxygen atoms in total. The van der Waals surface area contributed by atoms with E-state index in [0.717, 1.165) is 6.54 Å². The minimum atomic E-state index is 0.598. The van der Waals surface area contributed by atoms with E-state index < -0.39 is 0 Å². The van der Waals surface area contributed by atoms with Crippen LogP contribution < -0.4 is 0 Å². The van der Waals surface area contributed by atoms with Crippen LogP contribution in [-0.4, -0.2) is 17.0 Å². The lowest BCUT2D eigenvalue weighted by atomic mass is 9.91. The van der Waals surface area contributed by atoms with Crippen molar-refractivity contribution in [1.82, 2.24) is 4.90 Å². The molecule has 1 heteroatoms. The van der Waals surface area contributed by atoms with Crippen LogP contribution in [0.25, 0.3) is 5.57 Å². The fraction of sp³-hybridized carbons (Fsp3) is 0.391. The molecule has 2 aromatic carbocycles. The lowest BCUT2D eigenvalue weighted by Crippen LogP contribution is -2.37. The van der Waals surface area contributed by atoms with Gasteiger partial charge in [-0.15, -0.1) is 0 Å². The molecule has 0 amide bonds. The van der Waals surface area contributed by atoms with Gasteiger partial charge in [0.1, 0.15) is 0 Å². The molecule has 2 heterocycles. The smallest absolute Gasteiger partial charge is 0.0291 e. The molecule has 0 spiro atoms.